The summed E-state index contributed by atoms with van der Waals surface area (Å²) in [6.45, 7) is 0. The number of ether oxygens (including phenoxy) is 1. The fourth-order valence-electron chi connectivity index (χ4n) is 0.973. The number of hydrogen-bond acceptors (Lipinski definition) is 4. The fraction of sp³-hybridized carbons (Fsp3) is 1.00. The van der Waals surface area contributed by atoms with E-state index in [-0.39, 0.29) is 0 Å². The van der Waals surface area contributed by atoms with Gasteiger partial charge in [-0.05, 0) is 0 Å². The van der Waals surface area contributed by atoms with Crippen molar-refractivity contribution in [1.82, 2.24) is 0 Å². The van der Waals surface area contributed by atoms with E-state index in [1.165, 1.54) is 0 Å². The Morgan fingerprint density at radius 2 is 2.15 bits per heavy atom. The van der Waals surface area contributed by atoms with Crippen LogP contribution in [0.2, 0.25) is 0 Å². The quantitative estimate of drug-likeness (QED) is 0.333. The van der Waals surface area contributed by atoms with Gasteiger partial charge in [0.15, 0.2) is 6.10 Å². The Morgan fingerprint density at radius 1 is 1.62 bits per heavy atom. The summed E-state index contributed by atoms with van der Waals surface area (Å²) in [6, 6.07) is 0. The molecule has 1 aliphatic rings. The molecule has 1 saturated heterocycles. The van der Waals surface area contributed by atoms with Crippen LogP contribution in [0.15, 0.2) is 0 Å². The molecule has 3 atom stereocenters. The zero-order valence-electron chi connectivity index (χ0n) is 6.19. The van der Waals surface area contributed by atoms with E-state index in [1.54, 1.807) is 0 Å². The van der Waals surface area contributed by atoms with E-state index in [1.807, 2.05) is 0 Å². The molecule has 0 spiro atoms. The highest BCUT2D eigenvalue weighted by molar-refractivity contribution is 7.80. The first kappa shape index (κ1) is 10.6. The summed E-state index contributed by atoms with van der Waals surface area (Å²) in [5.41, 5.74) is 0. The molecule has 1 aliphatic heterocycles. The van der Waals surface area contributed by atoms with Crippen molar-refractivity contribution in [3.05, 3.63) is 10.1 Å². The number of rotatable bonds is 3. The van der Waals surface area contributed by atoms with Crippen LogP contribution in [0, 0.1) is 16.0 Å². The number of nitro groups is 1. The number of epoxide rings is 1. The Balaban J connectivity index is 2.57. The van der Waals surface area contributed by atoms with Gasteiger partial charge in [0.05, 0.1) is 10.8 Å². The molecule has 3 unspecified atom stereocenters. The van der Waals surface area contributed by atoms with Gasteiger partial charge in [-0.2, -0.15) is 25.8 Å². The van der Waals surface area contributed by atoms with Gasteiger partial charge in [-0.3, -0.25) is 10.1 Å². The van der Waals surface area contributed by atoms with Crippen molar-refractivity contribution in [2.24, 2.45) is 5.92 Å². The van der Waals surface area contributed by atoms with Gasteiger partial charge in [0, 0.05) is 5.75 Å². The summed E-state index contributed by atoms with van der Waals surface area (Å²) in [4.78, 5) is 9.14. The van der Waals surface area contributed by atoms with Crippen LogP contribution in [0.3, 0.4) is 0 Å². The average molecular weight is 217 g/mol. The molecule has 0 bridgehead atoms. The molecule has 1 fully saturated rings. The van der Waals surface area contributed by atoms with Gasteiger partial charge in [-0.25, -0.2) is 0 Å². The standard InChI is InChI=1S/C5H6F3NO3S/c6-5(7,8)2(1-13)3-4(12-3)9(10)11/h2-4,13H,1H2. The zero-order chi connectivity index (χ0) is 10.2. The van der Waals surface area contributed by atoms with Crippen molar-refractivity contribution < 1.29 is 22.8 Å². The molecule has 0 aromatic carbocycles. The average Bonchev–Trinajstić information content (AvgIpc) is 2.65. The minimum absolute atomic E-state index is 0.501. The molecule has 0 saturated carbocycles. The Labute approximate surface area is 76.6 Å². The summed E-state index contributed by atoms with van der Waals surface area (Å²) in [5, 5.41) is 10.0. The van der Waals surface area contributed by atoms with Gasteiger partial charge in [-0.15, -0.1) is 0 Å². The number of nitrogens with zero attached hydrogens (tertiary/aromatic N) is 1. The number of thiol groups is 1. The second-order valence-electron chi connectivity index (χ2n) is 2.61. The molecule has 0 N–H and O–H groups in total. The zero-order valence-corrected chi connectivity index (χ0v) is 7.09. The van der Waals surface area contributed by atoms with Gasteiger partial charge in [0.1, 0.15) is 0 Å². The summed E-state index contributed by atoms with van der Waals surface area (Å²) < 4.78 is 40.6. The Bertz CT molecular complexity index is 222. The molecule has 4 nitrogen and oxygen atoms in total. The minimum atomic E-state index is -4.49. The van der Waals surface area contributed by atoms with Crippen molar-refractivity contribution in [1.29, 1.82) is 0 Å². The van der Waals surface area contributed by atoms with E-state index in [2.05, 4.69) is 17.4 Å². The SMILES string of the molecule is O=[N+]([O-])C1OC1C(CS)C(F)(F)F. The summed E-state index contributed by atoms with van der Waals surface area (Å²) in [6.07, 6.45) is -7.37. The lowest BCUT2D eigenvalue weighted by Crippen LogP contribution is -2.31. The molecule has 1 heterocycles. The molecule has 0 amide bonds. The monoisotopic (exact) mass is 217 g/mol. The summed E-state index contributed by atoms with van der Waals surface area (Å²) in [7, 11) is 0. The first-order valence-electron chi connectivity index (χ1n) is 3.34. The molecule has 0 aliphatic carbocycles. The largest absolute Gasteiger partial charge is 0.395 e. The molecule has 0 aromatic rings. The number of alkyl halides is 3. The number of hydrogen-bond donors (Lipinski definition) is 1. The third kappa shape index (κ3) is 2.25. The van der Waals surface area contributed by atoms with Crippen LogP contribution < -0.4 is 0 Å². The smallest absolute Gasteiger partial charge is 0.301 e. The van der Waals surface area contributed by atoms with E-state index in [0.717, 1.165) is 0 Å². The van der Waals surface area contributed by atoms with E-state index in [0.29, 0.717) is 0 Å². The minimum Gasteiger partial charge on any atom is -0.301 e. The molecule has 76 valence electrons. The van der Waals surface area contributed by atoms with Crippen molar-refractivity contribution >= 4 is 12.6 Å². The van der Waals surface area contributed by atoms with Crippen LogP contribution in [0.25, 0.3) is 0 Å². The Morgan fingerprint density at radius 3 is 2.38 bits per heavy atom. The lowest BCUT2D eigenvalue weighted by molar-refractivity contribution is -0.516. The first-order valence-corrected chi connectivity index (χ1v) is 3.97. The van der Waals surface area contributed by atoms with Crippen molar-refractivity contribution in [2.75, 3.05) is 5.75 Å². The molecule has 8 heteroatoms. The summed E-state index contributed by atoms with van der Waals surface area (Å²) in [5.74, 6) is -2.36. The van der Waals surface area contributed by atoms with E-state index in [4.69, 9.17) is 0 Å². The van der Waals surface area contributed by atoms with Crippen LogP contribution >= 0.6 is 12.6 Å². The Kier molecular flexibility index (Phi) is 2.71. The molecular weight excluding hydrogens is 211 g/mol. The maximum atomic E-state index is 12.1. The molecule has 0 radical (unpaired) electrons. The number of halogens is 3. The Hall–Kier alpha value is -0.500. The van der Waals surface area contributed by atoms with E-state index in [9.17, 15) is 23.3 Å². The van der Waals surface area contributed by atoms with Crippen LogP contribution in [0.4, 0.5) is 13.2 Å². The highest BCUT2D eigenvalue weighted by Gasteiger charge is 2.62. The van der Waals surface area contributed by atoms with Crippen molar-refractivity contribution in [3.8, 4) is 0 Å². The molecule has 13 heavy (non-hydrogen) atoms. The molecule has 1 rings (SSSR count). The van der Waals surface area contributed by atoms with Gasteiger partial charge >= 0.3 is 12.4 Å². The fourth-order valence-corrected chi connectivity index (χ4v) is 1.39. The first-order chi connectivity index (χ1) is 5.88. The predicted octanol–water partition coefficient (Wildman–Crippen LogP) is 1.10. The van der Waals surface area contributed by atoms with Crippen molar-refractivity contribution in [2.45, 2.75) is 18.5 Å². The van der Waals surface area contributed by atoms with Crippen LogP contribution in [0.5, 0.6) is 0 Å². The molecule has 0 aromatic heterocycles. The predicted molar refractivity (Wildman–Crippen MR) is 39.1 cm³/mol. The van der Waals surface area contributed by atoms with E-state index < -0.39 is 35.1 Å². The van der Waals surface area contributed by atoms with Gasteiger partial charge in [-0.1, -0.05) is 0 Å². The van der Waals surface area contributed by atoms with Crippen LogP contribution in [0.1, 0.15) is 0 Å². The van der Waals surface area contributed by atoms with Gasteiger partial charge in [0.2, 0.25) is 0 Å². The van der Waals surface area contributed by atoms with Crippen LogP contribution in [-0.4, -0.2) is 29.2 Å². The third-order valence-corrected chi connectivity index (χ3v) is 2.12. The van der Waals surface area contributed by atoms with Crippen molar-refractivity contribution in [3.63, 3.8) is 0 Å². The second-order valence-corrected chi connectivity index (χ2v) is 2.97. The normalized spacial score (nSPS) is 29.8. The summed E-state index contributed by atoms with van der Waals surface area (Å²) >= 11 is 3.47. The highest BCUT2D eigenvalue weighted by Crippen LogP contribution is 2.40. The highest BCUT2D eigenvalue weighted by atomic mass is 32.1. The van der Waals surface area contributed by atoms with E-state index >= 15 is 0 Å². The lowest BCUT2D eigenvalue weighted by atomic mass is 10.1. The van der Waals surface area contributed by atoms with Gasteiger partial charge in [0.25, 0.3) is 0 Å². The van der Waals surface area contributed by atoms with Gasteiger partial charge < -0.3 is 4.74 Å². The molecular formula is C5H6F3NO3S. The topological polar surface area (TPSA) is 55.7 Å². The second kappa shape index (κ2) is 3.33. The lowest BCUT2D eigenvalue weighted by Gasteiger charge is -2.13. The third-order valence-electron chi connectivity index (χ3n) is 1.72. The maximum absolute atomic E-state index is 12.1. The maximum Gasteiger partial charge on any atom is 0.395 e. The van der Waals surface area contributed by atoms with Crippen LogP contribution in [-0.2, 0) is 4.74 Å².